The fourth-order valence-corrected chi connectivity index (χ4v) is 11.9. The Bertz CT molecular complexity index is 1830. The number of rotatable bonds is 8. The molecule has 344 valence electrons. The van der Waals surface area contributed by atoms with Crippen LogP contribution in [0.15, 0.2) is 6.07 Å². The highest BCUT2D eigenvalue weighted by atomic mass is 19.1. The molecule has 3 aliphatic heterocycles. The summed E-state index contributed by atoms with van der Waals surface area (Å²) < 4.78 is 41.8. The van der Waals surface area contributed by atoms with Gasteiger partial charge in [-0.05, 0) is 119 Å². The van der Waals surface area contributed by atoms with Crippen molar-refractivity contribution in [1.82, 2.24) is 15.4 Å². The molecule has 3 heterocycles. The number of nitrogens with zero attached hydrogens (tertiary/aromatic N) is 2. The van der Waals surface area contributed by atoms with E-state index in [-0.39, 0.29) is 36.5 Å². The minimum absolute atomic E-state index is 0.177. The maximum absolute atomic E-state index is 17.5. The third-order valence-corrected chi connectivity index (χ3v) is 13.1. The first-order valence-corrected chi connectivity index (χ1v) is 21.9. The normalized spacial score (nSPS) is 26.2. The molecular weight excluding hydrogens is 786 g/mol. The van der Waals surface area contributed by atoms with Crippen LogP contribution < -0.4 is 5.32 Å². The molecule has 0 aromatic heterocycles. The van der Waals surface area contributed by atoms with Crippen LogP contribution in [0.2, 0.25) is 0 Å². The molecule has 3 N–H and O–H groups in total. The zero-order valence-electron chi connectivity index (χ0n) is 39.7. The van der Waals surface area contributed by atoms with Gasteiger partial charge in [0, 0.05) is 71.8 Å². The first kappa shape index (κ1) is 48.9. The monoisotopic (exact) mass is 860 g/mol. The lowest BCUT2D eigenvalue weighted by Gasteiger charge is -2.51. The third-order valence-electron chi connectivity index (χ3n) is 13.1. The molecule has 0 radical (unpaired) electrons. The Morgan fingerprint density at radius 3 is 1.21 bits per heavy atom. The van der Waals surface area contributed by atoms with Gasteiger partial charge >= 0.3 is 23.9 Å². The summed E-state index contributed by atoms with van der Waals surface area (Å²) in [5, 5.41) is 27.9. The van der Waals surface area contributed by atoms with E-state index in [2.05, 4.69) is 33.0 Å². The molecule has 14 heteroatoms. The van der Waals surface area contributed by atoms with Gasteiger partial charge in [0.15, 0.2) is 5.82 Å². The topological polar surface area (TPSA) is 164 Å². The Kier molecular flexibility index (Phi) is 12.9. The number of ether oxygens (including phenoxy) is 4. The molecule has 0 amide bonds. The lowest BCUT2D eigenvalue weighted by molar-refractivity contribution is -0.257. The summed E-state index contributed by atoms with van der Waals surface area (Å²) in [4.78, 5) is 58.4. The van der Waals surface area contributed by atoms with Gasteiger partial charge in [-0.1, -0.05) is 27.7 Å². The third kappa shape index (κ3) is 11.0. The van der Waals surface area contributed by atoms with Gasteiger partial charge in [0.2, 0.25) is 0 Å². The average molecular weight is 860 g/mol. The highest BCUT2D eigenvalue weighted by Crippen LogP contribution is 2.47. The summed E-state index contributed by atoms with van der Waals surface area (Å²) in [6.45, 7) is 30.5. The fourth-order valence-electron chi connectivity index (χ4n) is 11.9. The molecular formula is C47H74FN3O10. The van der Waals surface area contributed by atoms with Crippen LogP contribution in [0.3, 0.4) is 0 Å². The molecule has 0 spiro atoms. The minimum Gasteiger partial charge on any atom is -0.459 e. The summed E-state index contributed by atoms with van der Waals surface area (Å²) in [5.41, 5.74) is -7.62. The van der Waals surface area contributed by atoms with E-state index in [0.717, 1.165) is 12.5 Å². The molecule has 0 atom stereocenters. The van der Waals surface area contributed by atoms with Crippen molar-refractivity contribution in [3.8, 4) is 0 Å². The van der Waals surface area contributed by atoms with E-state index in [9.17, 15) is 29.6 Å². The van der Waals surface area contributed by atoms with Crippen LogP contribution in [0.1, 0.15) is 210 Å². The highest BCUT2D eigenvalue weighted by Gasteiger charge is 2.50. The largest absolute Gasteiger partial charge is 0.459 e. The Balaban J connectivity index is 1.67. The zero-order valence-corrected chi connectivity index (χ0v) is 39.7. The van der Waals surface area contributed by atoms with Gasteiger partial charge in [-0.2, -0.15) is 10.1 Å². The lowest BCUT2D eigenvalue weighted by Crippen LogP contribution is -2.60. The second kappa shape index (κ2) is 16.1. The average Bonchev–Trinajstić information content (AvgIpc) is 3.02. The quantitative estimate of drug-likeness (QED) is 0.168. The molecule has 1 aromatic carbocycles. The number of esters is 4. The van der Waals surface area contributed by atoms with Gasteiger partial charge in [0.05, 0.1) is 16.7 Å². The fraction of sp³-hybridized carbons (Fsp3) is 0.787. The van der Waals surface area contributed by atoms with E-state index < -0.39 is 110 Å². The molecule has 4 fully saturated rings. The van der Waals surface area contributed by atoms with E-state index in [1.54, 1.807) is 55.4 Å². The van der Waals surface area contributed by atoms with Crippen molar-refractivity contribution in [2.75, 3.05) is 0 Å². The number of hydrogen-bond donors (Lipinski definition) is 3. The Labute approximate surface area is 362 Å². The molecule has 61 heavy (non-hydrogen) atoms. The number of nitrogens with one attached hydrogen (secondary N) is 1. The van der Waals surface area contributed by atoms with Crippen molar-refractivity contribution in [2.24, 2.45) is 10.8 Å². The van der Waals surface area contributed by atoms with Crippen LogP contribution in [0.4, 0.5) is 4.39 Å². The summed E-state index contributed by atoms with van der Waals surface area (Å²) in [6, 6.07) is 0.935. The van der Waals surface area contributed by atoms with Gasteiger partial charge in [-0.15, -0.1) is 0 Å². The zero-order chi connectivity index (χ0) is 46.3. The number of piperidine rings is 3. The number of hydroxylamine groups is 4. The number of benzene rings is 1. The Morgan fingerprint density at radius 2 is 0.820 bits per heavy atom. The summed E-state index contributed by atoms with van der Waals surface area (Å²) in [5.74, 6) is -6.00. The van der Waals surface area contributed by atoms with Crippen molar-refractivity contribution in [2.45, 2.75) is 226 Å². The smallest absolute Gasteiger partial charge is 0.342 e. The predicted molar refractivity (Wildman–Crippen MR) is 227 cm³/mol. The van der Waals surface area contributed by atoms with E-state index in [1.807, 2.05) is 27.7 Å². The summed E-state index contributed by atoms with van der Waals surface area (Å²) in [7, 11) is 0. The number of carbonyl (C=O) groups is 4. The molecule has 3 saturated heterocycles. The molecule has 0 unspecified atom stereocenters. The van der Waals surface area contributed by atoms with Crippen LogP contribution in [-0.2, 0) is 18.9 Å². The van der Waals surface area contributed by atoms with Gasteiger partial charge < -0.3 is 34.7 Å². The number of carbonyl (C=O) groups excluding carboxylic acids is 4. The molecule has 1 aromatic rings. The minimum atomic E-state index is -1.39. The van der Waals surface area contributed by atoms with Crippen molar-refractivity contribution >= 4 is 23.9 Å². The molecule has 1 saturated carbocycles. The van der Waals surface area contributed by atoms with Crippen LogP contribution in [0.5, 0.6) is 0 Å². The lowest BCUT2D eigenvalue weighted by atomic mass is 9.64. The van der Waals surface area contributed by atoms with Crippen molar-refractivity contribution in [3.05, 3.63) is 34.1 Å². The van der Waals surface area contributed by atoms with Crippen molar-refractivity contribution < 1.29 is 52.9 Å². The summed E-state index contributed by atoms with van der Waals surface area (Å²) >= 11 is 0. The maximum Gasteiger partial charge on any atom is 0.342 e. The second-order valence-corrected chi connectivity index (χ2v) is 24.0. The molecule has 5 rings (SSSR count). The predicted octanol–water partition coefficient (Wildman–Crippen LogP) is 9.19. The SMILES string of the molecule is CC1(C)CC(OC(=O)c2cc(C(=O)OC3CC(C)(C)N(O)C(C)(C)C3)c(F)c(C(=O)OC3CC(C)(C)NC(C)(C)C3)c2C(=O)OC2CC(C)(C)N(O)C(C)(C)C2)CC(C)(C)C1. The molecule has 0 bridgehead atoms. The standard InChI is InChI=1S/C47H74FN3O10/c1-40(2)18-27(19-41(3,4)26-40)58-36(52)31-17-32(37(53)59-29-22-44(9,10)50(56)45(11,12)23-29)35(48)34(39(55)60-28-20-42(5,6)49-43(7,8)21-28)33(31)38(54)61-30-24-46(13,14)51(57)47(15,16)25-30/h17,27-30,49,56-57H,18-26H2,1-16H3. The summed E-state index contributed by atoms with van der Waals surface area (Å²) in [6.07, 6.45) is 0.399. The second-order valence-electron chi connectivity index (χ2n) is 24.0. The van der Waals surface area contributed by atoms with Gasteiger partial charge in [-0.3, -0.25) is 0 Å². The van der Waals surface area contributed by atoms with Crippen LogP contribution >= 0.6 is 0 Å². The first-order valence-electron chi connectivity index (χ1n) is 21.9. The first-order chi connectivity index (χ1) is 27.5. The van der Waals surface area contributed by atoms with E-state index in [1.165, 1.54) is 10.1 Å². The molecule has 13 nitrogen and oxygen atoms in total. The Hall–Kier alpha value is -3.17. The van der Waals surface area contributed by atoms with E-state index in [4.69, 9.17) is 18.9 Å². The van der Waals surface area contributed by atoms with Gasteiger partial charge in [-0.25, -0.2) is 23.6 Å². The Morgan fingerprint density at radius 1 is 0.508 bits per heavy atom. The van der Waals surface area contributed by atoms with Gasteiger partial charge in [0.1, 0.15) is 30.0 Å². The van der Waals surface area contributed by atoms with Crippen LogP contribution in [-0.4, -0.2) is 102 Å². The molecule has 1 aliphatic carbocycles. The van der Waals surface area contributed by atoms with Crippen LogP contribution in [0, 0.1) is 16.6 Å². The highest BCUT2D eigenvalue weighted by molar-refractivity contribution is 6.12. The van der Waals surface area contributed by atoms with Gasteiger partial charge in [0.25, 0.3) is 0 Å². The number of hydrogen-bond acceptors (Lipinski definition) is 13. The van der Waals surface area contributed by atoms with Crippen molar-refractivity contribution in [1.29, 1.82) is 0 Å². The van der Waals surface area contributed by atoms with E-state index >= 15 is 4.39 Å². The van der Waals surface area contributed by atoms with Crippen LogP contribution in [0.25, 0.3) is 0 Å². The maximum atomic E-state index is 17.5. The number of halogens is 1. The van der Waals surface area contributed by atoms with E-state index in [0.29, 0.717) is 25.7 Å². The molecule has 4 aliphatic rings. The van der Waals surface area contributed by atoms with Crippen molar-refractivity contribution in [3.63, 3.8) is 0 Å².